The van der Waals surface area contributed by atoms with Crippen LogP contribution in [-0.2, 0) is 0 Å². The maximum absolute atomic E-state index is 11.3. The van der Waals surface area contributed by atoms with Crippen molar-refractivity contribution in [2.45, 2.75) is 39.7 Å². The van der Waals surface area contributed by atoms with Crippen LogP contribution in [-0.4, -0.2) is 54.2 Å². The minimum atomic E-state index is -0.906. The van der Waals surface area contributed by atoms with E-state index in [0.717, 1.165) is 24.6 Å². The Morgan fingerprint density at radius 3 is 2.33 bits per heavy atom. The van der Waals surface area contributed by atoms with E-state index in [9.17, 15) is 9.90 Å². The molecule has 1 heterocycles. The quantitative estimate of drug-likeness (QED) is 0.837. The highest BCUT2D eigenvalue weighted by atomic mass is 16.4. The topological polar surface area (TPSA) is 56.7 Å². The summed E-state index contributed by atoms with van der Waals surface area (Å²) in [5, 5.41) is 9.30. The van der Waals surface area contributed by atoms with Gasteiger partial charge < -0.3 is 14.9 Å². The molecule has 0 fully saturated rings. The van der Waals surface area contributed by atoms with Gasteiger partial charge in [0.05, 0.1) is 5.56 Å². The van der Waals surface area contributed by atoms with E-state index < -0.39 is 5.97 Å². The first-order chi connectivity index (χ1) is 9.76. The van der Waals surface area contributed by atoms with Crippen LogP contribution in [0.5, 0.6) is 0 Å². The van der Waals surface area contributed by atoms with Gasteiger partial charge in [0.25, 0.3) is 0 Å². The Morgan fingerprint density at radius 1 is 1.29 bits per heavy atom. The van der Waals surface area contributed by atoms with Gasteiger partial charge in [-0.3, -0.25) is 0 Å². The van der Waals surface area contributed by atoms with Crippen molar-refractivity contribution < 1.29 is 9.90 Å². The second kappa shape index (κ2) is 7.41. The minimum absolute atomic E-state index is 0.200. The Balaban J connectivity index is 3.21. The Hall–Kier alpha value is -1.62. The number of anilines is 1. The average molecular weight is 293 g/mol. The first kappa shape index (κ1) is 17.4. The molecule has 5 nitrogen and oxygen atoms in total. The third-order valence-electron chi connectivity index (χ3n) is 3.47. The van der Waals surface area contributed by atoms with Gasteiger partial charge in [-0.2, -0.15) is 0 Å². The highest BCUT2D eigenvalue weighted by molar-refractivity contribution is 5.88. The van der Waals surface area contributed by atoms with E-state index in [1.165, 1.54) is 0 Å². The van der Waals surface area contributed by atoms with Crippen molar-refractivity contribution in [3.63, 3.8) is 0 Å². The predicted octanol–water partition coefficient (Wildman–Crippen LogP) is 2.68. The smallest absolute Gasteiger partial charge is 0.335 e. The number of likely N-dealkylation sites (N-methyl/N-ethyl adjacent to an activating group) is 2. The van der Waals surface area contributed by atoms with Crippen molar-refractivity contribution in [3.05, 3.63) is 23.4 Å². The first-order valence-corrected chi connectivity index (χ1v) is 7.42. The van der Waals surface area contributed by atoms with Gasteiger partial charge in [-0.15, -0.1) is 0 Å². The fraction of sp³-hybridized carbons (Fsp3) is 0.625. The average Bonchev–Trinajstić information content (AvgIpc) is 2.38. The van der Waals surface area contributed by atoms with Gasteiger partial charge in [0.15, 0.2) is 0 Å². The first-order valence-electron chi connectivity index (χ1n) is 7.42. The van der Waals surface area contributed by atoms with Crippen molar-refractivity contribution in [1.29, 1.82) is 0 Å². The third-order valence-corrected chi connectivity index (χ3v) is 3.47. The Bertz CT molecular complexity index is 486. The number of hydrogen-bond acceptors (Lipinski definition) is 4. The number of carboxylic acid groups (broad SMARTS) is 1. The second-order valence-corrected chi connectivity index (χ2v) is 6.00. The summed E-state index contributed by atoms with van der Waals surface area (Å²) in [6.45, 7) is 9.94. The van der Waals surface area contributed by atoms with Gasteiger partial charge in [0.2, 0.25) is 0 Å². The van der Waals surface area contributed by atoms with Crippen molar-refractivity contribution in [2.24, 2.45) is 0 Å². The van der Waals surface area contributed by atoms with E-state index in [1.807, 2.05) is 27.9 Å². The summed E-state index contributed by atoms with van der Waals surface area (Å²) >= 11 is 0. The summed E-state index contributed by atoms with van der Waals surface area (Å²) in [6, 6.07) is 3.60. The summed E-state index contributed by atoms with van der Waals surface area (Å²) < 4.78 is 0. The maximum atomic E-state index is 11.3. The van der Waals surface area contributed by atoms with E-state index in [0.29, 0.717) is 5.56 Å². The molecule has 5 heteroatoms. The van der Waals surface area contributed by atoms with Crippen molar-refractivity contribution in [1.82, 2.24) is 9.88 Å². The molecule has 0 aliphatic carbocycles. The lowest BCUT2D eigenvalue weighted by atomic mass is 10.1. The molecule has 0 aliphatic heterocycles. The zero-order chi connectivity index (χ0) is 16.2. The number of aromatic nitrogens is 1. The zero-order valence-electron chi connectivity index (χ0n) is 13.9. The zero-order valence-corrected chi connectivity index (χ0v) is 13.9. The molecule has 0 radical (unpaired) electrons. The molecule has 1 unspecified atom stereocenters. The molecule has 1 aromatic heterocycles. The van der Waals surface area contributed by atoms with Crippen LogP contribution in [0.3, 0.4) is 0 Å². The summed E-state index contributed by atoms with van der Waals surface area (Å²) in [5.74, 6) is 0.0400. The molecule has 0 bridgehead atoms. The summed E-state index contributed by atoms with van der Waals surface area (Å²) in [6.07, 6.45) is 0. The second-order valence-electron chi connectivity index (χ2n) is 6.00. The molecule has 1 atom stereocenters. The summed E-state index contributed by atoms with van der Waals surface area (Å²) in [4.78, 5) is 20.3. The molecule has 1 aromatic rings. The highest BCUT2D eigenvalue weighted by Gasteiger charge is 2.18. The number of carboxylic acids is 1. The van der Waals surface area contributed by atoms with Gasteiger partial charge in [0.1, 0.15) is 5.82 Å². The number of carbonyl (C=O) groups is 1. The van der Waals surface area contributed by atoms with Gasteiger partial charge in [-0.05, 0) is 46.0 Å². The lowest BCUT2D eigenvalue weighted by Crippen LogP contribution is -2.40. The van der Waals surface area contributed by atoms with Gasteiger partial charge in [-0.1, -0.05) is 13.8 Å². The Labute approximate surface area is 127 Å². The van der Waals surface area contributed by atoms with Gasteiger partial charge in [-0.25, -0.2) is 9.78 Å². The third kappa shape index (κ3) is 4.70. The van der Waals surface area contributed by atoms with E-state index >= 15 is 0 Å². The molecule has 0 aromatic carbocycles. The fourth-order valence-electron chi connectivity index (χ4n) is 2.43. The van der Waals surface area contributed by atoms with E-state index in [1.54, 1.807) is 12.1 Å². The number of nitrogens with zero attached hydrogens (tertiary/aromatic N) is 3. The molecule has 0 aliphatic rings. The molecule has 0 amide bonds. The Morgan fingerprint density at radius 2 is 1.90 bits per heavy atom. The van der Waals surface area contributed by atoms with E-state index in [-0.39, 0.29) is 12.0 Å². The molecule has 118 valence electrons. The number of aromatic carboxylic acids is 1. The minimum Gasteiger partial charge on any atom is -0.478 e. The van der Waals surface area contributed by atoms with Gasteiger partial charge in [0, 0.05) is 24.8 Å². The van der Waals surface area contributed by atoms with Crippen molar-refractivity contribution in [2.75, 3.05) is 32.1 Å². The monoisotopic (exact) mass is 293 g/mol. The number of hydrogen-bond donors (Lipinski definition) is 1. The molecule has 0 spiro atoms. The highest BCUT2D eigenvalue weighted by Crippen LogP contribution is 2.22. The molecule has 1 N–H and O–H groups in total. The summed E-state index contributed by atoms with van der Waals surface area (Å²) in [5.41, 5.74) is 1.12. The van der Waals surface area contributed by atoms with Crippen LogP contribution in [0.2, 0.25) is 0 Å². The number of pyridine rings is 1. The van der Waals surface area contributed by atoms with Crippen LogP contribution >= 0.6 is 0 Å². The normalized spacial score (nSPS) is 12.8. The standard InChI is InChI=1S/C16H27N3O2/c1-7-19(12(4)10-18(5)6)15-9-13(16(20)21)8-14(17-15)11(2)3/h8-9,11-12H,7,10H2,1-6H3,(H,20,21). The number of rotatable bonds is 7. The lowest BCUT2D eigenvalue weighted by Gasteiger charge is -2.31. The Kier molecular flexibility index (Phi) is 6.15. The molecule has 1 rings (SSSR count). The molecule has 0 saturated heterocycles. The maximum Gasteiger partial charge on any atom is 0.335 e. The van der Waals surface area contributed by atoms with E-state index in [2.05, 4.69) is 28.6 Å². The summed E-state index contributed by atoms with van der Waals surface area (Å²) in [7, 11) is 4.07. The van der Waals surface area contributed by atoms with Crippen LogP contribution < -0.4 is 4.90 Å². The predicted molar refractivity (Wildman–Crippen MR) is 86.3 cm³/mol. The van der Waals surface area contributed by atoms with Crippen LogP contribution in [0.15, 0.2) is 12.1 Å². The van der Waals surface area contributed by atoms with Crippen LogP contribution in [0.25, 0.3) is 0 Å². The molecule has 21 heavy (non-hydrogen) atoms. The van der Waals surface area contributed by atoms with Gasteiger partial charge >= 0.3 is 5.97 Å². The largest absolute Gasteiger partial charge is 0.478 e. The molecular weight excluding hydrogens is 266 g/mol. The van der Waals surface area contributed by atoms with Crippen LogP contribution in [0.1, 0.15) is 49.7 Å². The SMILES string of the molecule is CCN(c1cc(C(=O)O)cc(C(C)C)n1)C(C)CN(C)C. The van der Waals surface area contributed by atoms with Crippen LogP contribution in [0.4, 0.5) is 5.82 Å². The van der Waals surface area contributed by atoms with Crippen molar-refractivity contribution in [3.8, 4) is 0 Å². The van der Waals surface area contributed by atoms with Crippen molar-refractivity contribution >= 4 is 11.8 Å². The fourth-order valence-corrected chi connectivity index (χ4v) is 2.43. The van der Waals surface area contributed by atoms with E-state index in [4.69, 9.17) is 0 Å². The lowest BCUT2D eigenvalue weighted by molar-refractivity contribution is 0.0696. The molecule has 0 saturated carbocycles. The molecular formula is C16H27N3O2. The van der Waals surface area contributed by atoms with Crippen LogP contribution in [0, 0.1) is 0 Å².